The summed E-state index contributed by atoms with van der Waals surface area (Å²) in [6, 6.07) is 10.8. The van der Waals surface area contributed by atoms with Crippen molar-refractivity contribution in [1.29, 1.82) is 0 Å². The van der Waals surface area contributed by atoms with Crippen LogP contribution in [0.4, 0.5) is 16.2 Å². The number of nitrogens with one attached hydrogen (secondary N) is 1. The van der Waals surface area contributed by atoms with Gasteiger partial charge in [-0.05, 0) is 54.0 Å². The van der Waals surface area contributed by atoms with E-state index in [-0.39, 0.29) is 17.0 Å². The molecule has 1 saturated carbocycles. The Bertz CT molecular complexity index is 1690. The fraction of sp³-hybridized carbons (Fsp3) is 0.333. The van der Waals surface area contributed by atoms with Crippen molar-refractivity contribution in [2.75, 3.05) is 29.9 Å². The van der Waals surface area contributed by atoms with Gasteiger partial charge >= 0.3 is 0 Å². The third kappa shape index (κ3) is 4.31. The maximum atomic E-state index is 16.4. The first-order chi connectivity index (χ1) is 19.0. The fourth-order valence-corrected chi connectivity index (χ4v) is 6.35. The average Bonchev–Trinajstić information content (AvgIpc) is 3.51. The Morgan fingerprint density at radius 2 is 1.87 bits per heavy atom. The first-order valence-electron chi connectivity index (χ1n) is 13.6. The van der Waals surface area contributed by atoms with E-state index in [1.165, 1.54) is 19.3 Å². The quantitative estimate of drug-likeness (QED) is 0.311. The zero-order chi connectivity index (χ0) is 26.5. The highest BCUT2D eigenvalue weighted by Crippen LogP contribution is 2.41. The lowest BCUT2D eigenvalue weighted by Crippen LogP contribution is -2.37. The smallest absolute Gasteiger partial charge is 0.225 e. The molecule has 0 spiro atoms. The Kier molecular flexibility index (Phi) is 5.79. The molecule has 2 bridgehead atoms. The molecule has 1 aliphatic heterocycles. The molecule has 3 aromatic heterocycles. The van der Waals surface area contributed by atoms with Crippen molar-refractivity contribution in [1.82, 2.24) is 24.5 Å². The van der Waals surface area contributed by atoms with Crippen LogP contribution in [-0.2, 0) is 13.5 Å². The highest BCUT2D eigenvalue weighted by atomic mass is 19.1. The third-order valence-electron chi connectivity index (χ3n) is 8.25. The predicted molar refractivity (Wildman–Crippen MR) is 150 cm³/mol. The van der Waals surface area contributed by atoms with Gasteiger partial charge in [0.25, 0.3) is 0 Å². The normalized spacial score (nSPS) is 18.8. The molecule has 5 aromatic rings. The summed E-state index contributed by atoms with van der Waals surface area (Å²) in [7, 11) is 1.96. The van der Waals surface area contributed by atoms with E-state index in [0.29, 0.717) is 35.3 Å². The summed E-state index contributed by atoms with van der Waals surface area (Å²) < 4.78 is 18.4. The number of halogens is 1. The van der Waals surface area contributed by atoms with E-state index in [1.807, 2.05) is 42.1 Å². The molecule has 4 heterocycles. The zero-order valence-electron chi connectivity index (χ0n) is 21.8. The van der Waals surface area contributed by atoms with Crippen LogP contribution in [0.1, 0.15) is 25.0 Å². The average molecular weight is 524 g/mol. The summed E-state index contributed by atoms with van der Waals surface area (Å²) in [6.07, 6.45) is 9.78. The number of benzene rings is 2. The molecule has 2 fully saturated rings. The summed E-state index contributed by atoms with van der Waals surface area (Å²) in [4.78, 5) is 20.6. The van der Waals surface area contributed by atoms with Crippen LogP contribution in [-0.4, -0.2) is 49.2 Å². The number of fused-ring (bicyclic) bond motifs is 4. The molecule has 1 saturated heterocycles. The van der Waals surface area contributed by atoms with Crippen LogP contribution >= 0.6 is 0 Å². The van der Waals surface area contributed by atoms with E-state index < -0.39 is 5.82 Å². The number of hydrogen-bond acceptors (Lipinski definition) is 7. The lowest BCUT2D eigenvalue weighted by molar-refractivity contribution is 0.420. The van der Waals surface area contributed by atoms with Crippen LogP contribution in [0.15, 0.2) is 55.1 Å². The second-order valence-corrected chi connectivity index (χ2v) is 10.9. The number of aromatic hydroxyl groups is 1. The molecule has 2 unspecified atom stereocenters. The van der Waals surface area contributed by atoms with Crippen molar-refractivity contribution in [2.24, 2.45) is 18.9 Å². The highest BCUT2D eigenvalue weighted by Gasteiger charge is 2.34. The van der Waals surface area contributed by atoms with E-state index in [9.17, 15) is 5.11 Å². The number of hydrogen-bond donors (Lipinski definition) is 2. The van der Waals surface area contributed by atoms with Crippen LogP contribution in [0.3, 0.4) is 0 Å². The number of pyridine rings is 1. The maximum Gasteiger partial charge on any atom is 0.225 e. The summed E-state index contributed by atoms with van der Waals surface area (Å²) in [6.45, 7) is 2.42. The van der Waals surface area contributed by atoms with E-state index in [1.54, 1.807) is 24.7 Å². The Morgan fingerprint density at radius 3 is 2.67 bits per heavy atom. The Hall–Kier alpha value is -4.27. The summed E-state index contributed by atoms with van der Waals surface area (Å²) in [5.41, 5.74) is 2.02. The van der Waals surface area contributed by atoms with Crippen molar-refractivity contribution >= 4 is 33.4 Å². The number of aromatic nitrogens is 5. The van der Waals surface area contributed by atoms with Crippen molar-refractivity contribution in [3.8, 4) is 17.0 Å². The van der Waals surface area contributed by atoms with E-state index in [0.717, 1.165) is 41.8 Å². The molecule has 9 heteroatoms. The van der Waals surface area contributed by atoms with Crippen molar-refractivity contribution in [3.05, 3.63) is 66.6 Å². The molecule has 2 atom stereocenters. The molecule has 2 N–H and O–H groups in total. The number of imidazole rings is 1. The van der Waals surface area contributed by atoms with Crippen molar-refractivity contribution in [2.45, 2.75) is 25.7 Å². The van der Waals surface area contributed by atoms with E-state index in [2.05, 4.69) is 25.2 Å². The minimum Gasteiger partial charge on any atom is -0.508 e. The van der Waals surface area contributed by atoms with Gasteiger partial charge in [0.05, 0.1) is 11.7 Å². The van der Waals surface area contributed by atoms with Gasteiger partial charge < -0.3 is 19.9 Å². The molecule has 2 aliphatic rings. The predicted octanol–water partition coefficient (Wildman–Crippen LogP) is 5.31. The molecular formula is C30H30FN7O. The summed E-state index contributed by atoms with van der Waals surface area (Å²) in [5.74, 6) is 1.97. The molecule has 39 heavy (non-hydrogen) atoms. The van der Waals surface area contributed by atoms with Gasteiger partial charge in [0, 0.05) is 56.8 Å². The molecule has 8 nitrogen and oxygen atoms in total. The van der Waals surface area contributed by atoms with Crippen LogP contribution in [0.2, 0.25) is 0 Å². The summed E-state index contributed by atoms with van der Waals surface area (Å²) >= 11 is 0. The van der Waals surface area contributed by atoms with Gasteiger partial charge in [-0.3, -0.25) is 4.98 Å². The number of phenolic OH excluding ortho intramolecular Hbond substituents is 1. The van der Waals surface area contributed by atoms with Crippen LogP contribution in [0.25, 0.3) is 32.9 Å². The number of anilines is 2. The third-order valence-corrected chi connectivity index (χ3v) is 8.25. The largest absolute Gasteiger partial charge is 0.508 e. The minimum atomic E-state index is -0.512. The van der Waals surface area contributed by atoms with Crippen molar-refractivity contribution < 1.29 is 9.50 Å². The second-order valence-electron chi connectivity index (χ2n) is 10.9. The van der Waals surface area contributed by atoms with Gasteiger partial charge in [-0.1, -0.05) is 24.3 Å². The number of piperidine rings is 1. The Morgan fingerprint density at radius 1 is 1.05 bits per heavy atom. The zero-order valence-corrected chi connectivity index (χ0v) is 21.8. The lowest BCUT2D eigenvalue weighted by atomic mass is 9.98. The molecule has 7 rings (SSSR count). The van der Waals surface area contributed by atoms with Gasteiger partial charge in [-0.15, -0.1) is 0 Å². The summed E-state index contributed by atoms with van der Waals surface area (Å²) in [5, 5.41) is 16.0. The lowest BCUT2D eigenvalue weighted by Gasteiger charge is -2.33. The Balaban J connectivity index is 1.33. The molecule has 0 radical (unpaired) electrons. The maximum absolute atomic E-state index is 16.4. The topological polar surface area (TPSA) is 92.0 Å². The number of nitrogens with zero attached hydrogens (tertiary/aromatic N) is 6. The van der Waals surface area contributed by atoms with Crippen LogP contribution in [0, 0.1) is 17.7 Å². The molecule has 0 amide bonds. The number of phenols is 1. The first kappa shape index (κ1) is 23.8. The minimum absolute atomic E-state index is 0.0645. The van der Waals surface area contributed by atoms with Crippen molar-refractivity contribution in [3.63, 3.8) is 0 Å². The Labute approximate surface area is 225 Å². The number of rotatable bonds is 6. The number of aryl methyl sites for hydroxylation is 1. The SMILES string of the molecule is Cn1cncc1CCNc1nc(N2CC3CCC(C3)C2)c2cnc(-c3cc(O)cc4ccccc34)c(F)c2n1. The molecule has 198 valence electrons. The van der Waals surface area contributed by atoms with Gasteiger partial charge in [0.1, 0.15) is 22.8 Å². The van der Waals surface area contributed by atoms with Crippen LogP contribution < -0.4 is 10.2 Å². The van der Waals surface area contributed by atoms with Gasteiger partial charge in [-0.25, -0.2) is 14.4 Å². The van der Waals surface area contributed by atoms with Gasteiger partial charge in [0.2, 0.25) is 5.95 Å². The standard InChI is InChI=1S/C30H30FN7O/c1-37-17-32-13-21(37)8-9-33-30-35-28-25(29(36-30)38-15-18-6-7-19(10-18)16-38)14-34-27(26(28)31)24-12-22(39)11-20-4-2-3-5-23(20)24/h2-5,11-14,17-19,39H,6-10,15-16H2,1H3,(H,33,35,36). The van der Waals surface area contributed by atoms with Gasteiger partial charge in [-0.2, -0.15) is 4.98 Å². The molecule has 2 aromatic carbocycles. The first-order valence-corrected chi connectivity index (χ1v) is 13.6. The molecular weight excluding hydrogens is 493 g/mol. The highest BCUT2D eigenvalue weighted by molar-refractivity contribution is 6.00. The molecule has 1 aliphatic carbocycles. The van der Waals surface area contributed by atoms with Gasteiger partial charge in [0.15, 0.2) is 5.82 Å². The van der Waals surface area contributed by atoms with Crippen LogP contribution in [0.5, 0.6) is 5.75 Å². The van der Waals surface area contributed by atoms with E-state index >= 15 is 4.39 Å². The fourth-order valence-electron chi connectivity index (χ4n) is 6.35. The second kappa shape index (κ2) is 9.48. The van der Waals surface area contributed by atoms with E-state index in [4.69, 9.17) is 4.98 Å². The monoisotopic (exact) mass is 523 g/mol.